The van der Waals surface area contributed by atoms with Gasteiger partial charge in [-0.2, -0.15) is 0 Å². The molecule has 1 atom stereocenters. The smallest absolute Gasteiger partial charge is 0.338 e. The predicted molar refractivity (Wildman–Crippen MR) is 112 cm³/mol. The molecule has 27 heavy (non-hydrogen) atoms. The monoisotopic (exact) mass is 380 g/mol. The first kappa shape index (κ1) is 19.2. The van der Waals surface area contributed by atoms with E-state index < -0.39 is 0 Å². The number of amidine groups is 1. The molecule has 2 aromatic rings. The number of hydrogen-bond donors (Lipinski definition) is 1. The van der Waals surface area contributed by atoms with Crippen molar-refractivity contribution in [3.05, 3.63) is 77.4 Å². The van der Waals surface area contributed by atoms with Crippen LogP contribution in [0, 0.1) is 0 Å². The Morgan fingerprint density at radius 3 is 2.37 bits per heavy atom. The van der Waals surface area contributed by atoms with E-state index in [-0.39, 0.29) is 12.0 Å². The minimum absolute atomic E-state index is 0.326. The second kappa shape index (κ2) is 9.42. The summed E-state index contributed by atoms with van der Waals surface area (Å²) in [5, 5.41) is 4.22. The van der Waals surface area contributed by atoms with E-state index in [1.807, 2.05) is 67.6 Å². The van der Waals surface area contributed by atoms with Gasteiger partial charge in [0, 0.05) is 5.75 Å². The first-order valence-electron chi connectivity index (χ1n) is 9.23. The number of carbonyl (C=O) groups is 1. The summed E-state index contributed by atoms with van der Waals surface area (Å²) in [4.78, 5) is 17.7. The van der Waals surface area contributed by atoms with Gasteiger partial charge in [0.15, 0.2) is 5.17 Å². The maximum atomic E-state index is 12.9. The van der Waals surface area contributed by atoms with E-state index in [0.717, 1.165) is 34.2 Å². The number of rotatable bonds is 6. The predicted octanol–water partition coefficient (Wildman–Crippen LogP) is 4.80. The van der Waals surface area contributed by atoms with Gasteiger partial charge in [-0.15, -0.1) is 0 Å². The summed E-state index contributed by atoms with van der Waals surface area (Å²) in [5.41, 5.74) is 3.25. The van der Waals surface area contributed by atoms with Gasteiger partial charge in [0.25, 0.3) is 0 Å². The van der Waals surface area contributed by atoms with Crippen molar-refractivity contribution in [2.75, 3.05) is 12.4 Å². The van der Waals surface area contributed by atoms with Crippen LogP contribution >= 0.6 is 11.8 Å². The average molecular weight is 381 g/mol. The first-order valence-corrected chi connectivity index (χ1v) is 10.2. The minimum Gasteiger partial charge on any atom is -0.463 e. The molecule has 3 rings (SSSR count). The van der Waals surface area contributed by atoms with Gasteiger partial charge in [0.1, 0.15) is 6.04 Å². The SMILES string of the molecule is CCCSC1=N[C@@H](c2ccccc2)C(C(=O)OCC)=C(c2ccccc2)N1. The zero-order valence-electron chi connectivity index (χ0n) is 15.6. The normalized spacial score (nSPS) is 16.5. The molecular weight excluding hydrogens is 356 g/mol. The van der Waals surface area contributed by atoms with Crippen molar-refractivity contribution in [2.45, 2.75) is 26.3 Å². The summed E-state index contributed by atoms with van der Waals surface area (Å²) in [5.74, 6) is 0.630. The molecule has 0 fully saturated rings. The van der Waals surface area contributed by atoms with Gasteiger partial charge in [-0.3, -0.25) is 0 Å². The van der Waals surface area contributed by atoms with Crippen molar-refractivity contribution < 1.29 is 9.53 Å². The Bertz CT molecular complexity index is 832. The Hall–Kier alpha value is -2.53. The summed E-state index contributed by atoms with van der Waals surface area (Å²) < 4.78 is 5.39. The Labute approximate surface area is 164 Å². The van der Waals surface area contributed by atoms with Crippen molar-refractivity contribution >= 4 is 28.6 Å². The molecule has 1 aliphatic rings. The van der Waals surface area contributed by atoms with Crippen LogP contribution < -0.4 is 5.32 Å². The molecule has 0 radical (unpaired) electrons. The van der Waals surface area contributed by atoms with Crippen LogP contribution in [0.1, 0.15) is 37.4 Å². The minimum atomic E-state index is -0.388. The van der Waals surface area contributed by atoms with E-state index in [4.69, 9.17) is 9.73 Å². The van der Waals surface area contributed by atoms with Crippen molar-refractivity contribution in [1.29, 1.82) is 0 Å². The Balaban J connectivity index is 2.13. The lowest BCUT2D eigenvalue weighted by molar-refractivity contribution is -0.138. The lowest BCUT2D eigenvalue weighted by atomic mass is 9.94. The summed E-state index contributed by atoms with van der Waals surface area (Å²) in [6.45, 7) is 4.29. The van der Waals surface area contributed by atoms with E-state index in [9.17, 15) is 4.79 Å². The standard InChI is InChI=1S/C22H24N2O2S/c1-3-15-27-22-23-19(16-11-7-5-8-12-16)18(21(25)26-4-2)20(24-22)17-13-9-6-10-14-17/h5-14,19H,3-4,15H2,1-2H3,(H,23,24)/t19-/m0/s1. The number of ether oxygens (including phenoxy) is 1. The molecule has 1 N–H and O–H groups in total. The number of nitrogens with one attached hydrogen (secondary N) is 1. The summed E-state index contributed by atoms with van der Waals surface area (Å²) in [6, 6.07) is 19.4. The van der Waals surface area contributed by atoms with E-state index >= 15 is 0 Å². The van der Waals surface area contributed by atoms with Gasteiger partial charge in [0.2, 0.25) is 0 Å². The van der Waals surface area contributed by atoms with Gasteiger partial charge in [0.05, 0.1) is 17.9 Å². The number of benzene rings is 2. The molecule has 140 valence electrons. The lowest BCUT2D eigenvalue weighted by Crippen LogP contribution is -2.31. The lowest BCUT2D eigenvalue weighted by Gasteiger charge is -2.27. The Morgan fingerprint density at radius 2 is 1.74 bits per heavy atom. The van der Waals surface area contributed by atoms with E-state index in [0.29, 0.717) is 12.2 Å². The number of carbonyl (C=O) groups excluding carboxylic acids is 1. The first-order chi connectivity index (χ1) is 13.2. The van der Waals surface area contributed by atoms with Gasteiger partial charge in [-0.1, -0.05) is 79.3 Å². The molecule has 0 aromatic heterocycles. The van der Waals surface area contributed by atoms with Crippen molar-refractivity contribution in [3.63, 3.8) is 0 Å². The van der Waals surface area contributed by atoms with E-state index in [1.54, 1.807) is 11.8 Å². The fourth-order valence-electron chi connectivity index (χ4n) is 2.93. The highest BCUT2D eigenvalue weighted by atomic mass is 32.2. The molecule has 2 aromatic carbocycles. The van der Waals surface area contributed by atoms with Crippen LogP contribution in [0.2, 0.25) is 0 Å². The zero-order chi connectivity index (χ0) is 19.1. The van der Waals surface area contributed by atoms with Crippen LogP contribution in [0.4, 0.5) is 0 Å². The van der Waals surface area contributed by atoms with Gasteiger partial charge < -0.3 is 10.1 Å². The summed E-state index contributed by atoms with van der Waals surface area (Å²) >= 11 is 1.67. The molecule has 0 amide bonds. The third-order valence-electron chi connectivity index (χ3n) is 4.14. The molecule has 4 nitrogen and oxygen atoms in total. The third-order valence-corrected chi connectivity index (χ3v) is 5.23. The quantitative estimate of drug-likeness (QED) is 0.731. The largest absolute Gasteiger partial charge is 0.463 e. The second-order valence-corrected chi connectivity index (χ2v) is 7.18. The molecule has 0 saturated carbocycles. The van der Waals surface area contributed by atoms with Crippen molar-refractivity contribution in [3.8, 4) is 0 Å². The number of nitrogens with zero attached hydrogens (tertiary/aromatic N) is 1. The molecule has 1 aliphatic heterocycles. The summed E-state index contributed by atoms with van der Waals surface area (Å²) in [7, 11) is 0. The molecule has 0 aliphatic carbocycles. The van der Waals surface area contributed by atoms with Crippen LogP contribution in [-0.2, 0) is 9.53 Å². The van der Waals surface area contributed by atoms with Gasteiger partial charge >= 0.3 is 5.97 Å². The highest BCUT2D eigenvalue weighted by Crippen LogP contribution is 2.36. The molecule has 1 heterocycles. The molecule has 5 heteroatoms. The average Bonchev–Trinajstić information content (AvgIpc) is 2.73. The van der Waals surface area contributed by atoms with Crippen LogP contribution in [0.15, 0.2) is 71.2 Å². The number of esters is 1. The number of aliphatic imine (C=N–C) groups is 1. The third kappa shape index (κ3) is 4.61. The topological polar surface area (TPSA) is 50.7 Å². The fraction of sp³-hybridized carbons (Fsp3) is 0.273. The molecular formula is C22H24N2O2S. The Morgan fingerprint density at radius 1 is 1.07 bits per heavy atom. The maximum Gasteiger partial charge on any atom is 0.338 e. The summed E-state index contributed by atoms with van der Waals surface area (Å²) in [6.07, 6.45) is 1.05. The number of thioether (sulfide) groups is 1. The maximum absolute atomic E-state index is 12.9. The highest BCUT2D eigenvalue weighted by Gasteiger charge is 2.32. The molecule has 0 saturated heterocycles. The van der Waals surface area contributed by atoms with Crippen LogP contribution in [0.3, 0.4) is 0 Å². The molecule has 0 spiro atoms. The number of hydrogen-bond acceptors (Lipinski definition) is 5. The molecule has 0 unspecified atom stereocenters. The van der Waals surface area contributed by atoms with Gasteiger partial charge in [-0.05, 0) is 24.5 Å². The van der Waals surface area contributed by atoms with Crippen LogP contribution in [0.25, 0.3) is 5.70 Å². The van der Waals surface area contributed by atoms with Crippen LogP contribution in [-0.4, -0.2) is 23.5 Å². The highest BCUT2D eigenvalue weighted by molar-refractivity contribution is 8.13. The second-order valence-electron chi connectivity index (χ2n) is 6.10. The van der Waals surface area contributed by atoms with Crippen molar-refractivity contribution in [1.82, 2.24) is 5.32 Å². The van der Waals surface area contributed by atoms with Gasteiger partial charge in [-0.25, -0.2) is 9.79 Å². The van der Waals surface area contributed by atoms with E-state index in [1.165, 1.54) is 0 Å². The fourth-order valence-corrected chi connectivity index (χ4v) is 3.68. The zero-order valence-corrected chi connectivity index (χ0v) is 16.5. The van der Waals surface area contributed by atoms with Crippen molar-refractivity contribution in [2.24, 2.45) is 4.99 Å². The molecule has 0 bridgehead atoms. The van der Waals surface area contributed by atoms with E-state index in [2.05, 4.69) is 12.2 Å². The Kier molecular flexibility index (Phi) is 6.71. The van der Waals surface area contributed by atoms with Crippen LogP contribution in [0.5, 0.6) is 0 Å².